The van der Waals surface area contributed by atoms with Gasteiger partial charge in [-0.1, -0.05) is 23.8 Å². The minimum absolute atomic E-state index is 0.0882. The maximum Gasteiger partial charge on any atom is 0.291 e. The number of H-pyrrole nitrogens is 1. The van der Waals surface area contributed by atoms with Crippen LogP contribution in [0.3, 0.4) is 0 Å². The number of hydrogen-bond acceptors (Lipinski definition) is 4. The first-order valence-electron chi connectivity index (χ1n) is 7.15. The monoisotopic (exact) mass is 285 g/mol. The maximum atomic E-state index is 12.4. The van der Waals surface area contributed by atoms with Crippen LogP contribution in [0, 0.1) is 6.92 Å². The van der Waals surface area contributed by atoms with E-state index in [2.05, 4.69) is 27.4 Å². The number of amides is 1. The molecule has 0 saturated carbocycles. The molecule has 1 aromatic carbocycles. The molecular weight excluding hydrogens is 266 g/mol. The molecule has 1 aromatic heterocycles. The lowest BCUT2D eigenvalue weighted by Crippen LogP contribution is -2.51. The molecule has 3 rings (SSSR count). The number of carbonyl (C=O) groups excluding carboxylic acids is 1. The Kier molecular flexibility index (Phi) is 3.70. The van der Waals surface area contributed by atoms with Crippen LogP contribution in [0.2, 0.25) is 0 Å². The van der Waals surface area contributed by atoms with E-state index in [1.807, 2.05) is 36.1 Å². The molecule has 2 aromatic rings. The Balaban J connectivity index is 1.80. The van der Waals surface area contributed by atoms with Crippen molar-refractivity contribution in [2.24, 2.45) is 0 Å². The zero-order valence-electron chi connectivity index (χ0n) is 12.3. The molecule has 0 radical (unpaired) electrons. The van der Waals surface area contributed by atoms with Gasteiger partial charge in [0.1, 0.15) is 0 Å². The molecule has 1 aliphatic rings. The molecule has 0 aliphatic carbocycles. The molecule has 6 nitrogen and oxygen atoms in total. The Bertz CT molecular complexity index is 651. The van der Waals surface area contributed by atoms with E-state index < -0.39 is 0 Å². The standard InChI is InChI=1S/C15H19N5O/c1-10-4-3-5-12(8-10)13-17-14(19-18-13)15(21)20-7-6-16-11(2)9-20/h3-5,8,11,16H,6-7,9H2,1-2H3,(H,17,18,19). The molecule has 0 spiro atoms. The van der Waals surface area contributed by atoms with E-state index in [0.29, 0.717) is 30.8 Å². The minimum Gasteiger partial charge on any atom is -0.333 e. The third-order valence-electron chi connectivity index (χ3n) is 3.62. The Labute approximate surface area is 123 Å². The smallest absolute Gasteiger partial charge is 0.291 e. The van der Waals surface area contributed by atoms with E-state index in [1.165, 1.54) is 0 Å². The highest BCUT2D eigenvalue weighted by Gasteiger charge is 2.24. The summed E-state index contributed by atoms with van der Waals surface area (Å²) in [6.45, 7) is 6.29. The second-order valence-electron chi connectivity index (χ2n) is 5.48. The van der Waals surface area contributed by atoms with Gasteiger partial charge in [0.25, 0.3) is 5.91 Å². The van der Waals surface area contributed by atoms with Crippen LogP contribution in [0.15, 0.2) is 24.3 Å². The molecule has 21 heavy (non-hydrogen) atoms. The number of rotatable bonds is 2. The highest BCUT2D eigenvalue weighted by atomic mass is 16.2. The van der Waals surface area contributed by atoms with E-state index in [0.717, 1.165) is 17.7 Å². The van der Waals surface area contributed by atoms with Crippen LogP contribution < -0.4 is 5.32 Å². The molecule has 0 bridgehead atoms. The molecule has 1 saturated heterocycles. The number of benzene rings is 1. The van der Waals surface area contributed by atoms with E-state index in [4.69, 9.17) is 0 Å². The quantitative estimate of drug-likeness (QED) is 0.870. The Morgan fingerprint density at radius 3 is 3.05 bits per heavy atom. The first-order valence-corrected chi connectivity index (χ1v) is 7.15. The SMILES string of the molecule is Cc1cccc(-c2n[nH]c(C(=O)N3CCNC(C)C3)n2)c1. The summed E-state index contributed by atoms with van der Waals surface area (Å²) in [5.74, 6) is 0.778. The lowest BCUT2D eigenvalue weighted by atomic mass is 10.1. The topological polar surface area (TPSA) is 73.9 Å². The molecule has 110 valence electrons. The summed E-state index contributed by atoms with van der Waals surface area (Å²) in [5, 5.41) is 10.2. The molecule has 1 amide bonds. The Morgan fingerprint density at radius 2 is 2.29 bits per heavy atom. The summed E-state index contributed by atoms with van der Waals surface area (Å²) < 4.78 is 0. The predicted molar refractivity (Wildman–Crippen MR) is 79.9 cm³/mol. The van der Waals surface area contributed by atoms with Crippen LogP contribution in [0.4, 0.5) is 0 Å². The van der Waals surface area contributed by atoms with Crippen molar-refractivity contribution in [2.75, 3.05) is 19.6 Å². The van der Waals surface area contributed by atoms with Gasteiger partial charge in [0.2, 0.25) is 5.82 Å². The summed E-state index contributed by atoms with van der Waals surface area (Å²) in [7, 11) is 0. The van der Waals surface area contributed by atoms with Crippen molar-refractivity contribution in [1.29, 1.82) is 0 Å². The average molecular weight is 285 g/mol. The third-order valence-corrected chi connectivity index (χ3v) is 3.62. The highest BCUT2D eigenvalue weighted by molar-refractivity contribution is 5.91. The van der Waals surface area contributed by atoms with Gasteiger partial charge in [-0.3, -0.25) is 9.89 Å². The maximum absolute atomic E-state index is 12.4. The van der Waals surface area contributed by atoms with Gasteiger partial charge in [-0.05, 0) is 19.9 Å². The second-order valence-corrected chi connectivity index (χ2v) is 5.48. The fraction of sp³-hybridized carbons (Fsp3) is 0.400. The second kappa shape index (κ2) is 5.65. The van der Waals surface area contributed by atoms with Gasteiger partial charge < -0.3 is 10.2 Å². The van der Waals surface area contributed by atoms with Crippen LogP contribution in [0.25, 0.3) is 11.4 Å². The normalized spacial score (nSPS) is 18.8. The van der Waals surface area contributed by atoms with Crippen LogP contribution in [-0.2, 0) is 0 Å². The highest BCUT2D eigenvalue weighted by Crippen LogP contribution is 2.16. The molecular formula is C15H19N5O. The first-order chi connectivity index (χ1) is 10.1. The first kappa shape index (κ1) is 13.8. The van der Waals surface area contributed by atoms with E-state index >= 15 is 0 Å². The van der Waals surface area contributed by atoms with E-state index in [-0.39, 0.29) is 5.91 Å². The molecule has 2 N–H and O–H groups in total. The number of aromatic amines is 1. The molecule has 1 atom stereocenters. The van der Waals surface area contributed by atoms with Gasteiger partial charge in [0.15, 0.2) is 5.82 Å². The summed E-state index contributed by atoms with van der Waals surface area (Å²) in [5.41, 5.74) is 2.06. The van der Waals surface area contributed by atoms with Crippen LogP contribution in [0.1, 0.15) is 23.1 Å². The molecule has 1 unspecified atom stereocenters. The fourth-order valence-electron chi connectivity index (χ4n) is 2.54. The molecule has 1 fully saturated rings. The van der Waals surface area contributed by atoms with E-state index in [9.17, 15) is 4.79 Å². The number of carbonyl (C=O) groups is 1. The largest absolute Gasteiger partial charge is 0.333 e. The van der Waals surface area contributed by atoms with Gasteiger partial charge in [-0.25, -0.2) is 4.98 Å². The van der Waals surface area contributed by atoms with E-state index in [1.54, 1.807) is 0 Å². The number of nitrogens with zero attached hydrogens (tertiary/aromatic N) is 3. The number of piperazine rings is 1. The zero-order chi connectivity index (χ0) is 14.8. The lowest BCUT2D eigenvalue weighted by Gasteiger charge is -2.31. The number of nitrogens with one attached hydrogen (secondary N) is 2. The van der Waals surface area contributed by atoms with Crippen molar-refractivity contribution in [2.45, 2.75) is 19.9 Å². The molecule has 6 heteroatoms. The van der Waals surface area contributed by atoms with Crippen LogP contribution in [-0.4, -0.2) is 51.7 Å². The zero-order valence-corrected chi connectivity index (χ0v) is 12.3. The Hall–Kier alpha value is -2.21. The van der Waals surface area contributed by atoms with Gasteiger partial charge in [-0.2, -0.15) is 5.10 Å². The summed E-state index contributed by atoms with van der Waals surface area (Å²) in [6.07, 6.45) is 0. The van der Waals surface area contributed by atoms with Crippen molar-refractivity contribution in [3.63, 3.8) is 0 Å². The summed E-state index contributed by atoms with van der Waals surface area (Å²) in [4.78, 5) is 18.6. The van der Waals surface area contributed by atoms with Crippen LogP contribution >= 0.6 is 0 Å². The third kappa shape index (κ3) is 2.95. The van der Waals surface area contributed by atoms with Gasteiger partial charge >= 0.3 is 0 Å². The molecule has 2 heterocycles. The minimum atomic E-state index is -0.0882. The predicted octanol–water partition coefficient (Wildman–Crippen LogP) is 1.21. The number of aromatic nitrogens is 3. The van der Waals surface area contributed by atoms with Crippen molar-refractivity contribution in [3.8, 4) is 11.4 Å². The van der Waals surface area contributed by atoms with Crippen LogP contribution in [0.5, 0.6) is 0 Å². The number of hydrogen-bond donors (Lipinski definition) is 2. The van der Waals surface area contributed by atoms with Gasteiger partial charge in [0.05, 0.1) is 0 Å². The fourth-order valence-corrected chi connectivity index (χ4v) is 2.54. The Morgan fingerprint density at radius 1 is 1.43 bits per heavy atom. The van der Waals surface area contributed by atoms with Gasteiger partial charge in [-0.15, -0.1) is 0 Å². The average Bonchev–Trinajstić information content (AvgIpc) is 2.96. The van der Waals surface area contributed by atoms with Crippen molar-refractivity contribution < 1.29 is 4.79 Å². The lowest BCUT2D eigenvalue weighted by molar-refractivity contribution is 0.0697. The van der Waals surface area contributed by atoms with Crippen molar-refractivity contribution in [1.82, 2.24) is 25.4 Å². The van der Waals surface area contributed by atoms with Crippen molar-refractivity contribution >= 4 is 5.91 Å². The summed E-state index contributed by atoms with van der Waals surface area (Å²) in [6, 6.07) is 8.23. The number of aryl methyl sites for hydroxylation is 1. The van der Waals surface area contributed by atoms with Crippen molar-refractivity contribution in [3.05, 3.63) is 35.7 Å². The summed E-state index contributed by atoms with van der Waals surface area (Å²) >= 11 is 0. The van der Waals surface area contributed by atoms with Gasteiger partial charge in [0, 0.05) is 31.2 Å². The molecule has 1 aliphatic heterocycles.